The summed E-state index contributed by atoms with van der Waals surface area (Å²) in [6.07, 6.45) is 3.63. The lowest BCUT2D eigenvalue weighted by Crippen LogP contribution is -2.21. The molecule has 7 nitrogen and oxygen atoms in total. The molecule has 0 amide bonds. The first-order valence-corrected chi connectivity index (χ1v) is 10.4. The fourth-order valence-corrected chi connectivity index (χ4v) is 4.19. The van der Waals surface area contributed by atoms with E-state index in [1.807, 2.05) is 42.5 Å². The number of benzene rings is 2. The third-order valence-electron chi connectivity index (χ3n) is 5.74. The standard InChI is InChI=1S/C23H25N5O2/c24-21-16-6-1-2-7-17(16)27-23(29)20(21)22-25-18-9-8-15(14-19(18)26-22)30-13-5-12-28-10-3-4-11-28/h1-2,6-9,14H,3-5,10-13H2,(H,25,26)(H3,24,27,29). The fourth-order valence-electron chi connectivity index (χ4n) is 4.19. The molecule has 0 bridgehead atoms. The third-order valence-corrected chi connectivity index (χ3v) is 5.74. The molecule has 0 aliphatic carbocycles. The Labute approximate surface area is 173 Å². The number of ether oxygens (including phenoxy) is 1. The van der Waals surface area contributed by atoms with Crippen LogP contribution in [0.25, 0.3) is 33.3 Å². The number of H-pyrrole nitrogens is 2. The molecule has 1 aliphatic heterocycles. The number of aromatic nitrogens is 3. The normalized spacial score (nSPS) is 14.7. The molecule has 2 aromatic carbocycles. The van der Waals surface area contributed by atoms with Crippen molar-refractivity contribution < 1.29 is 4.74 Å². The zero-order chi connectivity index (χ0) is 20.5. The number of likely N-dealkylation sites (tertiary alicyclic amines) is 1. The lowest BCUT2D eigenvalue weighted by Gasteiger charge is -2.14. The van der Waals surface area contributed by atoms with Crippen LogP contribution in [0.2, 0.25) is 0 Å². The van der Waals surface area contributed by atoms with E-state index in [9.17, 15) is 4.79 Å². The van der Waals surface area contributed by atoms with Gasteiger partial charge in [-0.2, -0.15) is 0 Å². The number of nitrogens with two attached hydrogens (primary N) is 1. The molecule has 0 spiro atoms. The van der Waals surface area contributed by atoms with Crippen molar-refractivity contribution in [3.63, 3.8) is 0 Å². The van der Waals surface area contributed by atoms with Gasteiger partial charge in [-0.1, -0.05) is 18.2 Å². The minimum atomic E-state index is -0.261. The average molecular weight is 403 g/mol. The smallest absolute Gasteiger partial charge is 0.261 e. The molecule has 2 aromatic heterocycles. The molecule has 1 fully saturated rings. The fraction of sp³-hybridized carbons (Fsp3) is 0.304. The minimum absolute atomic E-state index is 0.261. The molecule has 154 valence electrons. The quantitative estimate of drug-likeness (QED) is 0.428. The second kappa shape index (κ2) is 7.84. The summed E-state index contributed by atoms with van der Waals surface area (Å²) < 4.78 is 5.93. The van der Waals surface area contributed by atoms with Crippen molar-refractivity contribution in [1.82, 2.24) is 19.9 Å². The molecule has 0 unspecified atom stereocenters. The molecule has 0 radical (unpaired) electrons. The topological polar surface area (TPSA) is 100 Å². The average Bonchev–Trinajstić information content (AvgIpc) is 3.40. The zero-order valence-corrected chi connectivity index (χ0v) is 16.8. The van der Waals surface area contributed by atoms with E-state index >= 15 is 0 Å². The number of nitrogens with one attached hydrogen (secondary N) is 2. The van der Waals surface area contributed by atoms with Gasteiger partial charge in [0, 0.05) is 18.0 Å². The van der Waals surface area contributed by atoms with Crippen molar-refractivity contribution in [1.29, 1.82) is 0 Å². The summed E-state index contributed by atoms with van der Waals surface area (Å²) in [5.41, 5.74) is 9.14. The number of hydrogen-bond donors (Lipinski definition) is 3. The highest BCUT2D eigenvalue weighted by Gasteiger charge is 2.16. The first-order valence-electron chi connectivity index (χ1n) is 10.4. The lowest BCUT2D eigenvalue weighted by molar-refractivity contribution is 0.263. The van der Waals surface area contributed by atoms with Crippen molar-refractivity contribution in [2.75, 3.05) is 32.0 Å². The van der Waals surface area contributed by atoms with E-state index in [4.69, 9.17) is 10.5 Å². The maximum Gasteiger partial charge on any atom is 0.261 e. The number of nitrogen functional groups attached to an aromatic ring is 1. The molecule has 4 N–H and O–H groups in total. The van der Waals surface area contributed by atoms with Gasteiger partial charge in [-0.15, -0.1) is 0 Å². The third kappa shape index (κ3) is 3.52. The van der Waals surface area contributed by atoms with Gasteiger partial charge in [0.1, 0.15) is 17.1 Å². The predicted octanol–water partition coefficient (Wildman–Crippen LogP) is 3.52. The van der Waals surface area contributed by atoms with Crippen LogP contribution in [0.4, 0.5) is 5.69 Å². The number of aromatic amines is 2. The minimum Gasteiger partial charge on any atom is -0.493 e. The highest BCUT2D eigenvalue weighted by molar-refractivity contribution is 5.97. The monoisotopic (exact) mass is 403 g/mol. The molecule has 30 heavy (non-hydrogen) atoms. The summed E-state index contributed by atoms with van der Waals surface area (Å²) in [6, 6.07) is 13.2. The summed E-state index contributed by atoms with van der Waals surface area (Å²) in [7, 11) is 0. The zero-order valence-electron chi connectivity index (χ0n) is 16.8. The van der Waals surface area contributed by atoms with Crippen LogP contribution in [0.1, 0.15) is 19.3 Å². The number of para-hydroxylation sites is 1. The SMILES string of the molecule is Nc1c(-c2nc3ccc(OCCCN4CCCC4)cc3[nH]2)c(=O)[nH]c2ccccc12. The van der Waals surface area contributed by atoms with Gasteiger partial charge in [0.15, 0.2) is 0 Å². The summed E-state index contributed by atoms with van der Waals surface area (Å²) in [6.45, 7) is 4.18. The van der Waals surface area contributed by atoms with Crippen molar-refractivity contribution in [3.8, 4) is 17.1 Å². The van der Waals surface area contributed by atoms with Gasteiger partial charge in [0.2, 0.25) is 0 Å². The number of hydrogen-bond acceptors (Lipinski definition) is 5. The Morgan fingerprint density at radius 3 is 2.77 bits per heavy atom. The van der Waals surface area contributed by atoms with Crippen molar-refractivity contribution in [2.45, 2.75) is 19.3 Å². The van der Waals surface area contributed by atoms with Crippen LogP contribution in [-0.2, 0) is 0 Å². The van der Waals surface area contributed by atoms with Crippen LogP contribution in [0.15, 0.2) is 47.3 Å². The molecule has 1 aliphatic rings. The molecule has 3 heterocycles. The van der Waals surface area contributed by atoms with Crippen molar-refractivity contribution in [2.24, 2.45) is 0 Å². The largest absolute Gasteiger partial charge is 0.493 e. The van der Waals surface area contributed by atoms with E-state index in [1.165, 1.54) is 25.9 Å². The van der Waals surface area contributed by atoms with Crippen molar-refractivity contribution in [3.05, 3.63) is 52.8 Å². The summed E-state index contributed by atoms with van der Waals surface area (Å²) in [5, 5.41) is 0.801. The number of nitrogens with zero attached hydrogens (tertiary/aromatic N) is 2. The predicted molar refractivity (Wildman–Crippen MR) is 120 cm³/mol. The molecule has 0 saturated carbocycles. The van der Waals surface area contributed by atoms with Gasteiger partial charge in [-0.25, -0.2) is 4.98 Å². The molecule has 0 atom stereocenters. The molecular formula is C23H25N5O2. The summed E-state index contributed by atoms with van der Waals surface area (Å²) in [5.74, 6) is 1.25. The summed E-state index contributed by atoms with van der Waals surface area (Å²) >= 11 is 0. The van der Waals surface area contributed by atoms with Crippen LogP contribution < -0.4 is 16.0 Å². The number of anilines is 1. The molecule has 4 aromatic rings. The Morgan fingerprint density at radius 2 is 1.90 bits per heavy atom. The Hall–Kier alpha value is -3.32. The van der Waals surface area contributed by atoms with E-state index in [-0.39, 0.29) is 5.56 Å². The van der Waals surface area contributed by atoms with Gasteiger partial charge in [0.25, 0.3) is 5.56 Å². The van der Waals surface area contributed by atoms with Gasteiger partial charge >= 0.3 is 0 Å². The van der Waals surface area contributed by atoms with Gasteiger partial charge in [0.05, 0.1) is 28.8 Å². The van der Waals surface area contributed by atoms with Crippen molar-refractivity contribution >= 4 is 27.6 Å². The maximum atomic E-state index is 12.7. The van der Waals surface area contributed by atoms with Gasteiger partial charge in [-0.3, -0.25) is 4.79 Å². The van der Waals surface area contributed by atoms with E-state index < -0.39 is 0 Å². The number of fused-ring (bicyclic) bond motifs is 2. The van der Waals surface area contributed by atoms with E-state index in [1.54, 1.807) is 0 Å². The van der Waals surface area contributed by atoms with E-state index in [0.29, 0.717) is 29.2 Å². The van der Waals surface area contributed by atoms with Crippen LogP contribution in [0.5, 0.6) is 5.75 Å². The Kier molecular flexibility index (Phi) is 4.88. The molecule has 1 saturated heterocycles. The Morgan fingerprint density at radius 1 is 1.07 bits per heavy atom. The van der Waals surface area contributed by atoms with E-state index in [0.717, 1.165) is 35.1 Å². The first kappa shape index (κ1) is 18.7. The van der Waals surface area contributed by atoms with E-state index in [2.05, 4.69) is 19.9 Å². The Bertz CT molecular complexity index is 1250. The highest BCUT2D eigenvalue weighted by Crippen LogP contribution is 2.29. The summed E-state index contributed by atoms with van der Waals surface area (Å²) in [4.78, 5) is 25.8. The van der Waals surface area contributed by atoms with Crippen LogP contribution in [0, 0.1) is 0 Å². The lowest BCUT2D eigenvalue weighted by atomic mass is 10.1. The maximum absolute atomic E-state index is 12.7. The molecule has 7 heteroatoms. The number of imidazole rings is 1. The first-order chi connectivity index (χ1) is 14.7. The highest BCUT2D eigenvalue weighted by atomic mass is 16.5. The van der Waals surface area contributed by atoms with Crippen LogP contribution >= 0.6 is 0 Å². The molecular weight excluding hydrogens is 378 g/mol. The molecule has 5 rings (SSSR count). The van der Waals surface area contributed by atoms with Crippen LogP contribution in [-0.4, -0.2) is 46.1 Å². The van der Waals surface area contributed by atoms with Crippen LogP contribution in [0.3, 0.4) is 0 Å². The Balaban J connectivity index is 1.38. The number of rotatable bonds is 6. The van der Waals surface area contributed by atoms with Gasteiger partial charge < -0.3 is 25.3 Å². The second-order valence-corrected chi connectivity index (χ2v) is 7.80. The second-order valence-electron chi connectivity index (χ2n) is 7.80. The van der Waals surface area contributed by atoms with Gasteiger partial charge in [-0.05, 0) is 50.6 Å². The number of pyridine rings is 1.